The predicted molar refractivity (Wildman–Crippen MR) is 82.3 cm³/mol. The zero-order chi connectivity index (χ0) is 15.6. The summed E-state index contributed by atoms with van der Waals surface area (Å²) in [7, 11) is -2.99. The summed E-state index contributed by atoms with van der Waals surface area (Å²) < 4.78 is 24.5. The van der Waals surface area contributed by atoms with E-state index in [9.17, 15) is 13.2 Å². The minimum Gasteiger partial charge on any atom is -0.348 e. The molecular weight excluding hydrogens is 302 g/mol. The molecule has 1 aromatic heterocycles. The van der Waals surface area contributed by atoms with Crippen LogP contribution in [0.25, 0.3) is 0 Å². The molecule has 7 heteroatoms. The number of nitrogens with zero attached hydrogens (tertiary/aromatic N) is 2. The van der Waals surface area contributed by atoms with E-state index in [1.165, 1.54) is 6.20 Å². The van der Waals surface area contributed by atoms with Crippen molar-refractivity contribution in [1.82, 2.24) is 15.1 Å². The van der Waals surface area contributed by atoms with Crippen LogP contribution in [-0.4, -0.2) is 41.7 Å². The second-order valence-corrected chi connectivity index (χ2v) is 7.71. The number of sulfone groups is 1. The Morgan fingerprint density at radius 3 is 2.77 bits per heavy atom. The molecule has 2 heterocycles. The summed E-state index contributed by atoms with van der Waals surface area (Å²) in [4.78, 5) is 12.1. The van der Waals surface area contributed by atoms with Crippen molar-refractivity contribution in [3.8, 4) is 0 Å². The third-order valence-corrected chi connectivity index (χ3v) is 5.42. The van der Waals surface area contributed by atoms with Crippen LogP contribution in [0.2, 0.25) is 0 Å². The minimum absolute atomic E-state index is 0.0247. The van der Waals surface area contributed by atoms with Crippen LogP contribution >= 0.6 is 0 Å². The maximum Gasteiger partial charge on any atom is 0.254 e. The number of carbonyl (C=O) groups excluding carboxylic acids is 1. The van der Waals surface area contributed by atoms with Crippen molar-refractivity contribution >= 4 is 15.7 Å². The van der Waals surface area contributed by atoms with Crippen molar-refractivity contribution in [2.75, 3.05) is 11.5 Å². The molecule has 1 aromatic carbocycles. The maximum atomic E-state index is 12.1. The SMILES string of the molecule is O=C(N[C@H]1CCS(=O)(=O)C1)c1cnn(Cc2ccccc2)c1. The Kier molecular flexibility index (Phi) is 3.98. The van der Waals surface area contributed by atoms with Crippen LogP contribution in [-0.2, 0) is 16.4 Å². The lowest BCUT2D eigenvalue weighted by molar-refractivity contribution is 0.0941. The number of amides is 1. The molecule has 0 unspecified atom stereocenters. The number of hydrogen-bond donors (Lipinski definition) is 1. The van der Waals surface area contributed by atoms with Gasteiger partial charge >= 0.3 is 0 Å². The van der Waals surface area contributed by atoms with Crippen molar-refractivity contribution in [3.05, 3.63) is 53.9 Å². The summed E-state index contributed by atoms with van der Waals surface area (Å²) in [5, 5.41) is 6.93. The van der Waals surface area contributed by atoms with E-state index in [0.717, 1.165) is 5.56 Å². The Bertz CT molecular complexity index is 768. The van der Waals surface area contributed by atoms with Crippen LogP contribution in [0.15, 0.2) is 42.7 Å². The Labute approximate surface area is 129 Å². The largest absolute Gasteiger partial charge is 0.348 e. The van der Waals surface area contributed by atoms with E-state index in [2.05, 4.69) is 10.4 Å². The van der Waals surface area contributed by atoms with Crippen LogP contribution in [0.3, 0.4) is 0 Å². The zero-order valence-electron chi connectivity index (χ0n) is 12.0. The Balaban J connectivity index is 1.62. The van der Waals surface area contributed by atoms with Gasteiger partial charge in [0.2, 0.25) is 0 Å². The van der Waals surface area contributed by atoms with E-state index < -0.39 is 9.84 Å². The van der Waals surface area contributed by atoms with E-state index >= 15 is 0 Å². The van der Waals surface area contributed by atoms with Crippen molar-refractivity contribution in [1.29, 1.82) is 0 Å². The first-order valence-electron chi connectivity index (χ1n) is 7.09. The molecule has 1 fully saturated rings. The molecule has 2 aromatic rings. The highest BCUT2D eigenvalue weighted by atomic mass is 32.2. The van der Waals surface area contributed by atoms with Gasteiger partial charge in [-0.15, -0.1) is 0 Å². The zero-order valence-corrected chi connectivity index (χ0v) is 12.8. The fourth-order valence-electron chi connectivity index (χ4n) is 2.52. The first kappa shape index (κ1) is 14.8. The van der Waals surface area contributed by atoms with Crippen molar-refractivity contribution in [2.24, 2.45) is 0 Å². The molecule has 1 atom stereocenters. The fraction of sp³-hybridized carbons (Fsp3) is 0.333. The van der Waals surface area contributed by atoms with Gasteiger partial charge in [-0.05, 0) is 12.0 Å². The van der Waals surface area contributed by atoms with Gasteiger partial charge in [0.05, 0.1) is 29.8 Å². The van der Waals surface area contributed by atoms with Gasteiger partial charge in [0.15, 0.2) is 9.84 Å². The van der Waals surface area contributed by atoms with E-state index in [-0.39, 0.29) is 23.5 Å². The second-order valence-electron chi connectivity index (χ2n) is 5.49. The van der Waals surface area contributed by atoms with Crippen LogP contribution in [0.1, 0.15) is 22.3 Å². The van der Waals surface area contributed by atoms with Crippen LogP contribution in [0.5, 0.6) is 0 Å². The van der Waals surface area contributed by atoms with Gasteiger partial charge in [-0.25, -0.2) is 8.42 Å². The molecule has 0 radical (unpaired) electrons. The molecule has 0 spiro atoms. The number of carbonyl (C=O) groups is 1. The summed E-state index contributed by atoms with van der Waals surface area (Å²) in [6.45, 7) is 0.589. The molecule has 0 saturated carbocycles. The van der Waals surface area contributed by atoms with Gasteiger partial charge in [-0.2, -0.15) is 5.10 Å². The second kappa shape index (κ2) is 5.92. The van der Waals surface area contributed by atoms with E-state index in [1.807, 2.05) is 30.3 Å². The molecule has 3 rings (SSSR count). The Hall–Kier alpha value is -2.15. The summed E-state index contributed by atoms with van der Waals surface area (Å²) in [5.41, 5.74) is 1.54. The predicted octanol–water partition coefficient (Wildman–Crippen LogP) is 0.848. The van der Waals surface area contributed by atoms with Gasteiger partial charge in [-0.1, -0.05) is 30.3 Å². The highest BCUT2D eigenvalue weighted by molar-refractivity contribution is 7.91. The molecule has 116 valence electrons. The molecule has 1 aliphatic heterocycles. The number of hydrogen-bond acceptors (Lipinski definition) is 4. The van der Waals surface area contributed by atoms with Crippen molar-refractivity contribution < 1.29 is 13.2 Å². The molecule has 1 N–H and O–H groups in total. The number of aromatic nitrogens is 2. The van der Waals surface area contributed by atoms with E-state index in [4.69, 9.17) is 0 Å². The first-order valence-corrected chi connectivity index (χ1v) is 8.92. The quantitative estimate of drug-likeness (QED) is 0.906. The smallest absolute Gasteiger partial charge is 0.254 e. The fourth-order valence-corrected chi connectivity index (χ4v) is 4.19. The van der Waals surface area contributed by atoms with Gasteiger partial charge in [0, 0.05) is 12.2 Å². The molecule has 1 saturated heterocycles. The van der Waals surface area contributed by atoms with Gasteiger partial charge in [0.1, 0.15) is 0 Å². The number of rotatable bonds is 4. The van der Waals surface area contributed by atoms with Gasteiger partial charge in [0.25, 0.3) is 5.91 Å². The third kappa shape index (κ3) is 3.54. The number of nitrogens with one attached hydrogen (secondary N) is 1. The van der Waals surface area contributed by atoms with Crippen LogP contribution < -0.4 is 5.32 Å². The first-order chi connectivity index (χ1) is 10.5. The highest BCUT2D eigenvalue weighted by Gasteiger charge is 2.29. The van der Waals surface area contributed by atoms with Gasteiger partial charge < -0.3 is 5.32 Å². The Morgan fingerprint density at radius 1 is 1.32 bits per heavy atom. The lowest BCUT2D eigenvalue weighted by atomic mass is 10.2. The molecule has 0 bridgehead atoms. The van der Waals surface area contributed by atoms with E-state index in [1.54, 1.807) is 10.9 Å². The average Bonchev–Trinajstić information content (AvgIpc) is 3.07. The lowest BCUT2D eigenvalue weighted by Gasteiger charge is -2.09. The minimum atomic E-state index is -2.99. The van der Waals surface area contributed by atoms with Crippen LogP contribution in [0.4, 0.5) is 0 Å². The summed E-state index contributed by atoms with van der Waals surface area (Å²) in [6.07, 6.45) is 3.65. The standard InChI is InChI=1S/C15H17N3O3S/c19-15(17-14-6-7-22(20,21)11-14)13-8-16-18(10-13)9-12-4-2-1-3-5-12/h1-5,8,10,14H,6-7,9,11H2,(H,17,19)/t14-/m0/s1. The average molecular weight is 319 g/mol. The normalized spacial score (nSPS) is 19.9. The van der Waals surface area contributed by atoms with Gasteiger partial charge in [-0.3, -0.25) is 9.48 Å². The lowest BCUT2D eigenvalue weighted by Crippen LogP contribution is -2.35. The summed E-state index contributed by atoms with van der Waals surface area (Å²) in [6, 6.07) is 9.53. The molecule has 22 heavy (non-hydrogen) atoms. The number of benzene rings is 1. The monoisotopic (exact) mass is 319 g/mol. The third-order valence-electron chi connectivity index (χ3n) is 3.65. The molecular formula is C15H17N3O3S. The van der Waals surface area contributed by atoms with E-state index in [0.29, 0.717) is 18.5 Å². The van der Waals surface area contributed by atoms with Crippen molar-refractivity contribution in [2.45, 2.75) is 19.0 Å². The molecule has 0 aliphatic carbocycles. The summed E-state index contributed by atoms with van der Waals surface area (Å²) >= 11 is 0. The van der Waals surface area contributed by atoms with Crippen molar-refractivity contribution in [3.63, 3.8) is 0 Å². The highest BCUT2D eigenvalue weighted by Crippen LogP contribution is 2.12. The molecule has 1 aliphatic rings. The summed E-state index contributed by atoms with van der Waals surface area (Å²) in [5.74, 6) is -0.108. The maximum absolute atomic E-state index is 12.1. The Morgan fingerprint density at radius 2 is 2.09 bits per heavy atom. The topological polar surface area (TPSA) is 81.1 Å². The molecule has 1 amide bonds. The molecule has 6 nitrogen and oxygen atoms in total. The van der Waals surface area contributed by atoms with Crippen LogP contribution in [0, 0.1) is 0 Å².